The first-order chi connectivity index (χ1) is 16.3. The highest BCUT2D eigenvalue weighted by Crippen LogP contribution is 2.44. The molecular formula is C32H29N2+. The number of fused-ring (bicyclic) bond motifs is 7. The van der Waals surface area contributed by atoms with Crippen LogP contribution >= 0.6 is 0 Å². The molecule has 3 heterocycles. The molecule has 34 heavy (non-hydrogen) atoms. The highest BCUT2D eigenvalue weighted by atomic mass is 15.0. The number of aromatic nitrogens is 2. The molecule has 2 nitrogen and oxygen atoms in total. The van der Waals surface area contributed by atoms with Crippen molar-refractivity contribution < 1.29 is 4.57 Å². The summed E-state index contributed by atoms with van der Waals surface area (Å²) in [6.07, 6.45) is 3.29. The molecular weight excluding hydrogens is 412 g/mol. The van der Waals surface area contributed by atoms with Crippen molar-refractivity contribution in [3.8, 4) is 0 Å². The summed E-state index contributed by atoms with van der Waals surface area (Å²) in [5.74, 6) is 0. The van der Waals surface area contributed by atoms with E-state index in [2.05, 4.69) is 117 Å². The molecule has 4 aromatic carbocycles. The molecule has 0 unspecified atom stereocenters. The lowest BCUT2D eigenvalue weighted by molar-refractivity contribution is -0.643. The van der Waals surface area contributed by atoms with Crippen molar-refractivity contribution in [2.75, 3.05) is 0 Å². The Morgan fingerprint density at radius 1 is 0.765 bits per heavy atom. The minimum Gasteiger partial charge on any atom is -0.307 e. The first-order valence-corrected chi connectivity index (χ1v) is 12.2. The smallest absolute Gasteiger partial charge is 0.224 e. The Hall–Kier alpha value is -3.65. The van der Waals surface area contributed by atoms with Crippen LogP contribution in [0, 0.1) is 12.3 Å². The predicted molar refractivity (Wildman–Crippen MR) is 145 cm³/mol. The largest absolute Gasteiger partial charge is 0.307 e. The molecule has 0 atom stereocenters. The Morgan fingerprint density at radius 3 is 2.29 bits per heavy atom. The normalized spacial score (nSPS) is 13.0. The van der Waals surface area contributed by atoms with Crippen molar-refractivity contribution in [1.82, 2.24) is 4.40 Å². The van der Waals surface area contributed by atoms with Gasteiger partial charge in [-0.3, -0.25) is 0 Å². The first kappa shape index (κ1) is 19.8. The first-order valence-electron chi connectivity index (χ1n) is 12.2. The monoisotopic (exact) mass is 441 g/mol. The van der Waals surface area contributed by atoms with Crippen LogP contribution in [0.3, 0.4) is 0 Å². The van der Waals surface area contributed by atoms with Crippen LogP contribution in [0.5, 0.6) is 0 Å². The maximum absolute atomic E-state index is 2.56. The van der Waals surface area contributed by atoms with Gasteiger partial charge in [0, 0.05) is 16.8 Å². The highest BCUT2D eigenvalue weighted by molar-refractivity contribution is 6.29. The number of hydrogen-bond acceptors (Lipinski definition) is 0. The zero-order valence-corrected chi connectivity index (χ0v) is 20.5. The topological polar surface area (TPSA) is 8.29 Å². The molecule has 0 aliphatic carbocycles. The van der Waals surface area contributed by atoms with Crippen molar-refractivity contribution in [2.45, 2.75) is 34.1 Å². The zero-order valence-electron chi connectivity index (χ0n) is 20.5. The molecule has 0 saturated heterocycles. The minimum atomic E-state index is 0.209. The summed E-state index contributed by atoms with van der Waals surface area (Å²) in [7, 11) is 2.19. The van der Waals surface area contributed by atoms with E-state index in [1.54, 1.807) is 0 Å². The van der Waals surface area contributed by atoms with Gasteiger partial charge in [0.2, 0.25) is 5.52 Å². The van der Waals surface area contributed by atoms with E-state index in [4.69, 9.17) is 0 Å². The molecule has 0 bridgehead atoms. The molecule has 2 heteroatoms. The van der Waals surface area contributed by atoms with E-state index in [0.29, 0.717) is 0 Å². The number of hydrogen-bond donors (Lipinski definition) is 0. The quantitative estimate of drug-likeness (QED) is 0.139. The Balaban J connectivity index is 1.89. The fourth-order valence-corrected chi connectivity index (χ4v) is 6.34. The molecule has 7 rings (SSSR count). The average Bonchev–Trinajstić information content (AvgIpc) is 3.15. The van der Waals surface area contributed by atoms with Gasteiger partial charge in [0.15, 0.2) is 6.20 Å². The van der Waals surface area contributed by atoms with Crippen molar-refractivity contribution in [1.29, 1.82) is 0 Å². The second-order valence-corrected chi connectivity index (χ2v) is 11.2. The van der Waals surface area contributed by atoms with E-state index >= 15 is 0 Å². The lowest BCUT2D eigenvalue weighted by Crippen LogP contribution is -2.29. The van der Waals surface area contributed by atoms with E-state index in [-0.39, 0.29) is 5.41 Å². The third kappa shape index (κ3) is 2.49. The van der Waals surface area contributed by atoms with Gasteiger partial charge in [-0.1, -0.05) is 63.2 Å². The molecule has 0 aliphatic heterocycles. The van der Waals surface area contributed by atoms with Crippen molar-refractivity contribution in [3.05, 3.63) is 84.1 Å². The van der Waals surface area contributed by atoms with Gasteiger partial charge < -0.3 is 4.40 Å². The van der Waals surface area contributed by atoms with Gasteiger partial charge in [-0.15, -0.1) is 0 Å². The summed E-state index contributed by atoms with van der Waals surface area (Å²) in [4.78, 5) is 0. The Bertz CT molecular complexity index is 1930. The predicted octanol–water partition coefficient (Wildman–Crippen LogP) is 7.86. The molecule has 0 amide bonds. The SMILES string of the molecule is Cc1c2ccccc2cc2c1c1c3c(cc[n+]1C)cc(CC(C)(C)C)c1c4ccccc4n2c13. The van der Waals surface area contributed by atoms with Gasteiger partial charge in [-0.2, -0.15) is 0 Å². The van der Waals surface area contributed by atoms with Gasteiger partial charge in [0.05, 0.1) is 27.3 Å². The average molecular weight is 442 g/mol. The molecule has 7 aromatic rings. The van der Waals surface area contributed by atoms with Crippen molar-refractivity contribution in [2.24, 2.45) is 12.5 Å². The Labute approximate surface area is 199 Å². The number of aryl methyl sites for hydroxylation is 2. The fourth-order valence-electron chi connectivity index (χ4n) is 6.34. The summed E-state index contributed by atoms with van der Waals surface area (Å²) in [6, 6.07) is 25.0. The van der Waals surface area contributed by atoms with Crippen LogP contribution in [0.4, 0.5) is 0 Å². The van der Waals surface area contributed by atoms with E-state index in [1.165, 1.54) is 70.9 Å². The van der Waals surface area contributed by atoms with Gasteiger partial charge in [0.25, 0.3) is 0 Å². The van der Waals surface area contributed by atoms with Gasteiger partial charge in [-0.05, 0) is 64.2 Å². The lowest BCUT2D eigenvalue weighted by Gasteiger charge is -2.20. The maximum atomic E-state index is 2.56. The van der Waals surface area contributed by atoms with Crippen LogP contribution in [0.1, 0.15) is 31.9 Å². The van der Waals surface area contributed by atoms with Gasteiger partial charge in [0.1, 0.15) is 7.05 Å². The number of para-hydroxylation sites is 1. The molecule has 0 spiro atoms. The molecule has 3 aromatic heterocycles. The number of benzene rings is 4. The summed E-state index contributed by atoms with van der Waals surface area (Å²) in [6.45, 7) is 9.32. The van der Waals surface area contributed by atoms with Crippen LogP contribution in [-0.2, 0) is 13.5 Å². The molecule has 0 fully saturated rings. The van der Waals surface area contributed by atoms with Crippen LogP contribution < -0.4 is 4.57 Å². The lowest BCUT2D eigenvalue weighted by atomic mass is 9.85. The van der Waals surface area contributed by atoms with Crippen LogP contribution in [-0.4, -0.2) is 4.40 Å². The zero-order chi connectivity index (χ0) is 23.4. The van der Waals surface area contributed by atoms with Gasteiger partial charge in [-0.25, -0.2) is 4.57 Å². The van der Waals surface area contributed by atoms with Crippen molar-refractivity contribution >= 4 is 59.8 Å². The number of nitrogens with zero attached hydrogens (tertiary/aromatic N) is 2. The molecule has 166 valence electrons. The fraction of sp³-hybridized carbons (Fsp3) is 0.219. The second kappa shape index (κ2) is 6.48. The molecule has 0 saturated carbocycles. The Kier molecular flexibility index (Phi) is 3.77. The van der Waals surface area contributed by atoms with Gasteiger partial charge >= 0.3 is 0 Å². The highest BCUT2D eigenvalue weighted by Gasteiger charge is 2.27. The summed E-state index contributed by atoms with van der Waals surface area (Å²) >= 11 is 0. The summed E-state index contributed by atoms with van der Waals surface area (Å²) in [5.41, 5.74) is 8.31. The third-order valence-electron chi connectivity index (χ3n) is 7.60. The Morgan fingerprint density at radius 2 is 1.50 bits per heavy atom. The maximum Gasteiger partial charge on any atom is 0.224 e. The van der Waals surface area contributed by atoms with Crippen molar-refractivity contribution in [3.63, 3.8) is 0 Å². The van der Waals surface area contributed by atoms with E-state index in [0.717, 1.165) is 6.42 Å². The standard InChI is InChI=1S/C32H29N2/c1-19-23-11-7-6-10-20(23)17-26-27(19)30-29-21(14-15-33(30)5)16-22(18-32(2,3)4)28-24-12-8-9-13-25(24)34(26)31(28)29/h6-17H,18H2,1-5H3/q+1. The summed E-state index contributed by atoms with van der Waals surface area (Å²) in [5, 5.41) is 9.47. The molecule has 0 N–H and O–H groups in total. The summed E-state index contributed by atoms with van der Waals surface area (Å²) < 4.78 is 4.88. The van der Waals surface area contributed by atoms with E-state index in [9.17, 15) is 0 Å². The number of rotatable bonds is 1. The number of pyridine rings is 2. The van der Waals surface area contributed by atoms with E-state index < -0.39 is 0 Å². The van der Waals surface area contributed by atoms with Crippen LogP contribution in [0.15, 0.2) is 72.9 Å². The molecule has 0 aliphatic rings. The molecule has 0 radical (unpaired) electrons. The van der Waals surface area contributed by atoms with Crippen LogP contribution in [0.2, 0.25) is 0 Å². The van der Waals surface area contributed by atoms with Crippen LogP contribution in [0.25, 0.3) is 59.8 Å². The third-order valence-corrected chi connectivity index (χ3v) is 7.60. The minimum absolute atomic E-state index is 0.209. The van der Waals surface area contributed by atoms with E-state index in [1.807, 2.05) is 0 Å². The second-order valence-electron chi connectivity index (χ2n) is 11.2.